The highest BCUT2D eigenvalue weighted by Gasteiger charge is 2.14. The van der Waals surface area contributed by atoms with Crippen molar-refractivity contribution in [1.82, 2.24) is 14.5 Å². The third-order valence-electron chi connectivity index (χ3n) is 3.50. The average molecular weight is 355 g/mol. The summed E-state index contributed by atoms with van der Waals surface area (Å²) < 4.78 is 6.52. The van der Waals surface area contributed by atoms with Gasteiger partial charge in [-0.3, -0.25) is 14.2 Å². The third-order valence-corrected chi connectivity index (χ3v) is 4.45. The number of esters is 1. The van der Waals surface area contributed by atoms with Gasteiger partial charge in [0.2, 0.25) is 0 Å². The first kappa shape index (κ1) is 17.2. The van der Waals surface area contributed by atoms with E-state index in [0.717, 1.165) is 5.56 Å². The minimum atomic E-state index is -0.339. The summed E-state index contributed by atoms with van der Waals surface area (Å²) in [4.78, 5) is 33.2. The van der Waals surface area contributed by atoms with Crippen LogP contribution in [0.3, 0.4) is 0 Å². The van der Waals surface area contributed by atoms with Crippen molar-refractivity contribution < 1.29 is 9.53 Å². The van der Waals surface area contributed by atoms with Crippen LogP contribution in [0.4, 0.5) is 0 Å². The second kappa shape index (κ2) is 7.94. The van der Waals surface area contributed by atoms with Gasteiger partial charge in [0.05, 0.1) is 24.3 Å². The Morgan fingerprint density at radius 3 is 2.76 bits per heavy atom. The Balaban J connectivity index is 2.01. The molecule has 0 unspecified atom stereocenters. The number of thioether (sulfide) groups is 1. The Morgan fingerprint density at radius 2 is 2.00 bits per heavy atom. The number of aromatic nitrogens is 3. The molecule has 3 rings (SSSR count). The van der Waals surface area contributed by atoms with Gasteiger partial charge in [0.1, 0.15) is 0 Å². The van der Waals surface area contributed by atoms with E-state index in [9.17, 15) is 9.59 Å². The molecule has 2 aromatic heterocycles. The van der Waals surface area contributed by atoms with E-state index in [1.807, 2.05) is 30.3 Å². The maximum absolute atomic E-state index is 12.9. The molecule has 0 amide bonds. The summed E-state index contributed by atoms with van der Waals surface area (Å²) in [5, 5.41) is 0.909. The highest BCUT2D eigenvalue weighted by atomic mass is 32.2. The van der Waals surface area contributed by atoms with Gasteiger partial charge in [-0.2, -0.15) is 0 Å². The van der Waals surface area contributed by atoms with Crippen molar-refractivity contribution in [2.24, 2.45) is 0 Å². The standard InChI is InChI=1S/C18H17N3O3S/c1-2-24-15(22)12-25-18-20-16-14(9-6-10-19-16)17(23)21(18)11-13-7-4-3-5-8-13/h3-10H,2,11-12H2,1H3. The Labute approximate surface area is 148 Å². The molecule has 0 aliphatic heterocycles. The molecular weight excluding hydrogens is 338 g/mol. The number of rotatable bonds is 6. The molecule has 0 atom stereocenters. The van der Waals surface area contributed by atoms with Crippen molar-refractivity contribution in [3.05, 3.63) is 64.6 Å². The molecule has 0 aliphatic rings. The van der Waals surface area contributed by atoms with Gasteiger partial charge in [-0.05, 0) is 24.6 Å². The van der Waals surface area contributed by atoms with E-state index in [1.54, 1.807) is 29.8 Å². The Morgan fingerprint density at radius 1 is 1.20 bits per heavy atom. The molecule has 6 nitrogen and oxygen atoms in total. The van der Waals surface area contributed by atoms with Gasteiger partial charge in [0, 0.05) is 6.20 Å². The van der Waals surface area contributed by atoms with Crippen LogP contribution in [0.2, 0.25) is 0 Å². The van der Waals surface area contributed by atoms with Crippen molar-refractivity contribution in [2.45, 2.75) is 18.6 Å². The van der Waals surface area contributed by atoms with Crippen LogP contribution in [0.25, 0.3) is 11.0 Å². The van der Waals surface area contributed by atoms with Crippen LogP contribution in [-0.2, 0) is 16.1 Å². The molecule has 0 aliphatic carbocycles. The fourth-order valence-corrected chi connectivity index (χ4v) is 3.16. The van der Waals surface area contributed by atoms with E-state index in [1.165, 1.54) is 11.8 Å². The minimum absolute atomic E-state index is 0.0907. The molecular formula is C18H17N3O3S. The summed E-state index contributed by atoms with van der Waals surface area (Å²) in [5.41, 5.74) is 1.18. The van der Waals surface area contributed by atoms with Gasteiger partial charge >= 0.3 is 5.97 Å². The average Bonchev–Trinajstić information content (AvgIpc) is 2.64. The van der Waals surface area contributed by atoms with Crippen LogP contribution >= 0.6 is 11.8 Å². The van der Waals surface area contributed by atoms with Gasteiger partial charge in [-0.25, -0.2) is 9.97 Å². The monoisotopic (exact) mass is 355 g/mol. The van der Waals surface area contributed by atoms with Crippen LogP contribution in [0.15, 0.2) is 58.6 Å². The van der Waals surface area contributed by atoms with Gasteiger partial charge in [0.15, 0.2) is 10.8 Å². The molecule has 2 heterocycles. The minimum Gasteiger partial charge on any atom is -0.465 e. The second-order valence-corrected chi connectivity index (χ2v) is 6.18. The zero-order chi connectivity index (χ0) is 17.6. The number of carbonyl (C=O) groups excluding carboxylic acids is 1. The van der Waals surface area contributed by atoms with Crippen molar-refractivity contribution in [3.63, 3.8) is 0 Å². The maximum Gasteiger partial charge on any atom is 0.316 e. The van der Waals surface area contributed by atoms with Gasteiger partial charge in [0.25, 0.3) is 5.56 Å². The molecule has 0 saturated heterocycles. The predicted molar refractivity (Wildman–Crippen MR) is 96.7 cm³/mol. The van der Waals surface area contributed by atoms with E-state index in [0.29, 0.717) is 29.3 Å². The summed E-state index contributed by atoms with van der Waals surface area (Å²) in [6.07, 6.45) is 1.59. The predicted octanol–water partition coefficient (Wildman–Crippen LogP) is 2.50. The van der Waals surface area contributed by atoms with Crippen molar-refractivity contribution in [1.29, 1.82) is 0 Å². The lowest BCUT2D eigenvalue weighted by Crippen LogP contribution is -2.24. The first-order valence-corrected chi connectivity index (χ1v) is 8.85. The summed E-state index contributed by atoms with van der Waals surface area (Å²) in [6.45, 7) is 2.46. The van der Waals surface area contributed by atoms with E-state index in [2.05, 4.69) is 9.97 Å². The van der Waals surface area contributed by atoms with E-state index in [4.69, 9.17) is 4.74 Å². The summed E-state index contributed by atoms with van der Waals surface area (Å²) in [7, 11) is 0. The zero-order valence-electron chi connectivity index (χ0n) is 13.7. The Kier molecular flexibility index (Phi) is 5.45. The van der Waals surface area contributed by atoms with E-state index in [-0.39, 0.29) is 17.3 Å². The molecule has 128 valence electrons. The molecule has 25 heavy (non-hydrogen) atoms. The fourth-order valence-electron chi connectivity index (χ4n) is 2.38. The highest BCUT2D eigenvalue weighted by molar-refractivity contribution is 7.99. The summed E-state index contributed by atoms with van der Waals surface area (Å²) in [5.74, 6) is -0.248. The molecule has 0 radical (unpaired) electrons. The second-order valence-electron chi connectivity index (χ2n) is 5.24. The van der Waals surface area contributed by atoms with Gasteiger partial charge < -0.3 is 4.74 Å². The maximum atomic E-state index is 12.9. The van der Waals surface area contributed by atoms with E-state index >= 15 is 0 Å². The van der Waals surface area contributed by atoms with Crippen molar-refractivity contribution in [3.8, 4) is 0 Å². The first-order valence-electron chi connectivity index (χ1n) is 7.87. The lowest BCUT2D eigenvalue weighted by atomic mass is 10.2. The van der Waals surface area contributed by atoms with Crippen molar-refractivity contribution >= 4 is 28.8 Å². The molecule has 7 heteroatoms. The molecule has 0 fully saturated rings. The molecule has 0 bridgehead atoms. The van der Waals surface area contributed by atoms with Crippen LogP contribution in [0, 0.1) is 0 Å². The lowest BCUT2D eigenvalue weighted by Gasteiger charge is -2.12. The Hall–Kier alpha value is -2.67. The molecule has 0 saturated carbocycles. The quantitative estimate of drug-likeness (QED) is 0.384. The lowest BCUT2D eigenvalue weighted by molar-refractivity contribution is -0.139. The van der Waals surface area contributed by atoms with Crippen LogP contribution in [0.5, 0.6) is 0 Å². The summed E-state index contributed by atoms with van der Waals surface area (Å²) >= 11 is 1.18. The number of ether oxygens (including phenoxy) is 1. The molecule has 3 aromatic rings. The van der Waals surface area contributed by atoms with Crippen LogP contribution in [0.1, 0.15) is 12.5 Å². The zero-order valence-corrected chi connectivity index (χ0v) is 14.5. The number of pyridine rings is 1. The number of hydrogen-bond acceptors (Lipinski definition) is 6. The topological polar surface area (TPSA) is 74.1 Å². The normalized spacial score (nSPS) is 10.8. The number of fused-ring (bicyclic) bond motifs is 1. The number of benzene rings is 1. The third kappa shape index (κ3) is 4.06. The van der Waals surface area contributed by atoms with Gasteiger partial charge in [-0.15, -0.1) is 0 Å². The molecule has 0 N–H and O–H groups in total. The number of hydrogen-bond donors (Lipinski definition) is 0. The number of nitrogens with zero attached hydrogens (tertiary/aromatic N) is 3. The first-order chi connectivity index (χ1) is 12.2. The molecule has 1 aromatic carbocycles. The Bertz CT molecular complexity index is 941. The highest BCUT2D eigenvalue weighted by Crippen LogP contribution is 2.18. The summed E-state index contributed by atoms with van der Waals surface area (Å²) in [6, 6.07) is 13.1. The van der Waals surface area contributed by atoms with Crippen LogP contribution < -0.4 is 5.56 Å². The van der Waals surface area contributed by atoms with Crippen molar-refractivity contribution in [2.75, 3.05) is 12.4 Å². The largest absolute Gasteiger partial charge is 0.465 e. The SMILES string of the molecule is CCOC(=O)CSc1nc2ncccc2c(=O)n1Cc1ccccc1. The van der Waals surface area contributed by atoms with Gasteiger partial charge in [-0.1, -0.05) is 42.1 Å². The van der Waals surface area contributed by atoms with Crippen LogP contribution in [-0.4, -0.2) is 32.9 Å². The fraction of sp³-hybridized carbons (Fsp3) is 0.222. The van der Waals surface area contributed by atoms with E-state index < -0.39 is 0 Å². The smallest absolute Gasteiger partial charge is 0.316 e. The molecule has 0 spiro atoms. The number of carbonyl (C=O) groups is 1.